The Morgan fingerprint density at radius 2 is 2.11 bits per heavy atom. The van der Waals surface area contributed by atoms with Crippen molar-refractivity contribution in [2.24, 2.45) is 11.8 Å². The lowest BCUT2D eigenvalue weighted by Crippen LogP contribution is -2.52. The first-order chi connectivity index (χ1) is 13.0. The number of methoxy groups -OCH3 is 1. The summed E-state index contributed by atoms with van der Waals surface area (Å²) in [4.78, 5) is 19.3. The molecule has 1 fully saturated rings. The van der Waals surface area contributed by atoms with E-state index in [-0.39, 0.29) is 11.8 Å². The topological polar surface area (TPSA) is 74.7 Å². The minimum atomic E-state index is -0.0581. The van der Waals surface area contributed by atoms with Gasteiger partial charge in [0, 0.05) is 18.7 Å². The number of aromatic hydroxyl groups is 1. The predicted octanol–water partition coefficient (Wildman–Crippen LogP) is 2.47. The van der Waals surface area contributed by atoms with Crippen LogP contribution in [0, 0.1) is 11.8 Å². The highest BCUT2D eigenvalue weighted by molar-refractivity contribution is 5.92. The van der Waals surface area contributed by atoms with Gasteiger partial charge in [-0.2, -0.15) is 0 Å². The fraction of sp³-hybridized carbons (Fsp3) is 0.429. The van der Waals surface area contributed by atoms with E-state index in [1.807, 2.05) is 12.1 Å². The number of nitrogens with zero attached hydrogens (tertiary/aromatic N) is 2. The first-order valence-electron chi connectivity index (χ1n) is 9.35. The van der Waals surface area contributed by atoms with Crippen LogP contribution in [-0.4, -0.2) is 47.6 Å². The molecule has 142 valence electrons. The molecule has 3 unspecified atom stereocenters. The first kappa shape index (κ1) is 17.8. The number of hydrogen-bond acceptors (Lipinski definition) is 5. The van der Waals surface area contributed by atoms with Crippen molar-refractivity contribution in [3.8, 4) is 11.6 Å². The van der Waals surface area contributed by atoms with Crippen molar-refractivity contribution in [2.75, 3.05) is 26.0 Å². The highest BCUT2D eigenvalue weighted by atomic mass is 16.5. The van der Waals surface area contributed by atoms with Crippen LogP contribution < -0.4 is 10.1 Å². The van der Waals surface area contributed by atoms with E-state index in [9.17, 15) is 9.90 Å². The van der Waals surface area contributed by atoms with Crippen LogP contribution in [0.5, 0.6) is 11.6 Å². The Morgan fingerprint density at radius 1 is 1.26 bits per heavy atom. The number of likely N-dealkylation sites (tertiary alicyclic amines) is 1. The van der Waals surface area contributed by atoms with E-state index in [1.54, 1.807) is 31.5 Å². The largest absolute Gasteiger partial charge is 0.508 e. The zero-order chi connectivity index (χ0) is 19.0. The van der Waals surface area contributed by atoms with E-state index < -0.39 is 0 Å². The Balaban J connectivity index is 1.46. The number of phenols is 1. The number of aromatic nitrogens is 1. The molecule has 1 aliphatic carbocycles. The van der Waals surface area contributed by atoms with E-state index in [2.05, 4.69) is 22.2 Å². The molecular weight excluding hydrogens is 342 g/mol. The first-order valence-corrected chi connectivity index (χ1v) is 9.35. The highest BCUT2D eigenvalue weighted by Gasteiger charge is 2.39. The van der Waals surface area contributed by atoms with Gasteiger partial charge in [-0.15, -0.1) is 0 Å². The zero-order valence-electron chi connectivity index (χ0n) is 15.7. The van der Waals surface area contributed by atoms with Gasteiger partial charge in [-0.05, 0) is 61.6 Å². The lowest BCUT2D eigenvalue weighted by molar-refractivity contribution is -0.123. The third kappa shape index (κ3) is 3.62. The smallest absolute Gasteiger partial charge is 0.228 e. The van der Waals surface area contributed by atoms with Crippen LogP contribution in [0.1, 0.15) is 17.5 Å². The van der Waals surface area contributed by atoms with Gasteiger partial charge in [-0.25, -0.2) is 4.98 Å². The lowest BCUT2D eigenvalue weighted by Gasteiger charge is -2.45. The summed E-state index contributed by atoms with van der Waals surface area (Å²) in [6, 6.07) is 9.67. The van der Waals surface area contributed by atoms with Crippen LogP contribution in [0.2, 0.25) is 0 Å². The van der Waals surface area contributed by atoms with Gasteiger partial charge >= 0.3 is 0 Å². The van der Waals surface area contributed by atoms with Crippen LogP contribution in [0.3, 0.4) is 0 Å². The molecule has 6 nitrogen and oxygen atoms in total. The van der Waals surface area contributed by atoms with Crippen LogP contribution in [0.15, 0.2) is 36.5 Å². The van der Waals surface area contributed by atoms with Gasteiger partial charge in [0.25, 0.3) is 0 Å². The fourth-order valence-corrected chi connectivity index (χ4v) is 4.50. The molecule has 4 rings (SSSR count). The van der Waals surface area contributed by atoms with E-state index in [0.29, 0.717) is 29.3 Å². The molecule has 2 heterocycles. The second-order valence-electron chi connectivity index (χ2n) is 7.64. The minimum absolute atomic E-state index is 0.0361. The summed E-state index contributed by atoms with van der Waals surface area (Å²) >= 11 is 0. The van der Waals surface area contributed by atoms with Crippen molar-refractivity contribution in [1.82, 2.24) is 9.88 Å². The summed E-state index contributed by atoms with van der Waals surface area (Å²) in [6.45, 7) is 0.754. The summed E-state index contributed by atoms with van der Waals surface area (Å²) in [6.07, 6.45) is 4.37. The SMILES string of the molecule is COc1ccc(NC(=O)C2CC3Cc4cc(O)ccc4CC3N(C)C2)cn1. The fourth-order valence-electron chi connectivity index (χ4n) is 4.50. The van der Waals surface area contributed by atoms with Gasteiger partial charge in [0.1, 0.15) is 5.75 Å². The average Bonchev–Trinajstić information content (AvgIpc) is 2.67. The molecule has 1 saturated heterocycles. The standard InChI is InChI=1S/C21H25N3O3/c1-24-12-16(21(26)23-17-4-6-20(27-2)22-11-17)8-15-7-14-9-18(25)5-3-13(14)10-19(15)24/h3-6,9,11,15-16,19,25H,7-8,10,12H2,1-2H3,(H,23,26). The summed E-state index contributed by atoms with van der Waals surface area (Å²) in [5.41, 5.74) is 3.21. The Hall–Kier alpha value is -2.60. The van der Waals surface area contributed by atoms with Gasteiger partial charge in [0.2, 0.25) is 11.8 Å². The van der Waals surface area contributed by atoms with Gasteiger partial charge in [0.15, 0.2) is 0 Å². The summed E-state index contributed by atoms with van der Waals surface area (Å²) in [5, 5.41) is 12.8. The van der Waals surface area contributed by atoms with Gasteiger partial charge in [0.05, 0.1) is 24.9 Å². The van der Waals surface area contributed by atoms with E-state index in [4.69, 9.17) is 4.74 Å². The van der Waals surface area contributed by atoms with Gasteiger partial charge in [-0.1, -0.05) is 6.07 Å². The van der Waals surface area contributed by atoms with Crippen molar-refractivity contribution >= 4 is 11.6 Å². The number of rotatable bonds is 3. The molecule has 2 aromatic rings. The molecule has 1 aliphatic heterocycles. The summed E-state index contributed by atoms with van der Waals surface area (Å²) < 4.78 is 5.05. The van der Waals surface area contributed by atoms with Crippen LogP contribution >= 0.6 is 0 Å². The molecule has 1 aromatic heterocycles. The number of fused-ring (bicyclic) bond motifs is 2. The molecular formula is C21H25N3O3. The number of benzene rings is 1. The Bertz CT molecular complexity index is 837. The van der Waals surface area contributed by atoms with E-state index in [1.165, 1.54) is 11.1 Å². The number of anilines is 1. The third-order valence-corrected chi connectivity index (χ3v) is 5.89. The number of pyridine rings is 1. The molecule has 0 bridgehead atoms. The Kier molecular flexibility index (Phi) is 4.74. The second-order valence-corrected chi connectivity index (χ2v) is 7.64. The number of piperidine rings is 1. The molecule has 1 aromatic carbocycles. The van der Waals surface area contributed by atoms with Gasteiger partial charge in [-0.3, -0.25) is 4.79 Å². The third-order valence-electron chi connectivity index (χ3n) is 5.89. The Morgan fingerprint density at radius 3 is 2.85 bits per heavy atom. The molecule has 2 N–H and O–H groups in total. The number of carbonyl (C=O) groups excluding carboxylic acids is 1. The number of carbonyl (C=O) groups is 1. The molecule has 6 heteroatoms. The van der Waals surface area contributed by atoms with Crippen molar-refractivity contribution in [3.05, 3.63) is 47.7 Å². The molecule has 27 heavy (non-hydrogen) atoms. The van der Waals surface area contributed by atoms with Crippen molar-refractivity contribution in [2.45, 2.75) is 25.3 Å². The zero-order valence-corrected chi connectivity index (χ0v) is 15.7. The number of phenolic OH excluding ortho intramolecular Hbond substituents is 1. The van der Waals surface area contributed by atoms with Crippen molar-refractivity contribution < 1.29 is 14.6 Å². The molecule has 0 saturated carbocycles. The number of ether oxygens (including phenoxy) is 1. The quantitative estimate of drug-likeness (QED) is 0.872. The predicted molar refractivity (Wildman–Crippen MR) is 103 cm³/mol. The second kappa shape index (κ2) is 7.19. The number of likely N-dealkylation sites (N-methyl/N-ethyl adjacent to an activating group) is 1. The normalized spacial score (nSPS) is 24.6. The number of hydrogen-bond donors (Lipinski definition) is 2. The summed E-state index contributed by atoms with van der Waals surface area (Å²) in [7, 11) is 3.67. The molecule has 0 radical (unpaired) electrons. The van der Waals surface area contributed by atoms with Crippen molar-refractivity contribution in [3.63, 3.8) is 0 Å². The maximum atomic E-state index is 12.8. The maximum absolute atomic E-state index is 12.8. The monoisotopic (exact) mass is 367 g/mol. The van der Waals surface area contributed by atoms with E-state index in [0.717, 1.165) is 25.8 Å². The van der Waals surface area contributed by atoms with Crippen LogP contribution in [0.4, 0.5) is 5.69 Å². The molecule has 0 spiro atoms. The van der Waals surface area contributed by atoms with Gasteiger partial charge < -0.3 is 20.1 Å². The summed E-state index contributed by atoms with van der Waals surface area (Å²) in [5.74, 6) is 1.24. The Labute approximate surface area is 159 Å². The molecule has 3 atom stereocenters. The average molecular weight is 367 g/mol. The number of nitrogens with one attached hydrogen (secondary N) is 1. The highest BCUT2D eigenvalue weighted by Crippen LogP contribution is 2.37. The maximum Gasteiger partial charge on any atom is 0.228 e. The number of amides is 1. The minimum Gasteiger partial charge on any atom is -0.508 e. The van der Waals surface area contributed by atoms with Crippen molar-refractivity contribution in [1.29, 1.82) is 0 Å². The molecule has 1 amide bonds. The lowest BCUT2D eigenvalue weighted by atomic mass is 9.72. The molecule has 2 aliphatic rings. The van der Waals surface area contributed by atoms with E-state index >= 15 is 0 Å². The van der Waals surface area contributed by atoms with Crippen LogP contribution in [-0.2, 0) is 17.6 Å². The van der Waals surface area contributed by atoms with Crippen LogP contribution in [0.25, 0.3) is 0 Å².